The van der Waals surface area contributed by atoms with E-state index >= 15 is 0 Å². The van der Waals surface area contributed by atoms with Crippen molar-refractivity contribution in [3.63, 3.8) is 0 Å². The molecule has 0 saturated carbocycles. The maximum atomic E-state index is 5.49. The van der Waals surface area contributed by atoms with Crippen LogP contribution in [0.15, 0.2) is 53.4 Å². The molecule has 1 N–H and O–H groups in total. The third-order valence-electron chi connectivity index (χ3n) is 3.35. The average molecular weight is 301 g/mol. The first-order valence-electron chi connectivity index (χ1n) is 7.32. The Kier molecular flexibility index (Phi) is 6.15. The first kappa shape index (κ1) is 15.9. The van der Waals surface area contributed by atoms with Gasteiger partial charge in [0, 0.05) is 16.7 Å². The van der Waals surface area contributed by atoms with Crippen molar-refractivity contribution in [3.8, 4) is 5.75 Å². The molecule has 2 aromatic rings. The smallest absolute Gasteiger partial charge is 0.119 e. The summed E-state index contributed by atoms with van der Waals surface area (Å²) < 4.78 is 5.49. The highest BCUT2D eigenvalue weighted by Crippen LogP contribution is 2.26. The van der Waals surface area contributed by atoms with Crippen LogP contribution in [0, 0.1) is 6.92 Å². The Bertz CT molecular complexity index is 553. The lowest BCUT2D eigenvalue weighted by atomic mass is 10.1. The van der Waals surface area contributed by atoms with Gasteiger partial charge in [0.2, 0.25) is 0 Å². The molecule has 112 valence electrons. The summed E-state index contributed by atoms with van der Waals surface area (Å²) in [6.45, 7) is 4.84. The van der Waals surface area contributed by atoms with Gasteiger partial charge in [-0.3, -0.25) is 0 Å². The van der Waals surface area contributed by atoms with E-state index in [1.165, 1.54) is 16.0 Å². The second kappa shape index (κ2) is 8.11. The molecule has 2 aromatic carbocycles. The Morgan fingerprint density at radius 3 is 2.52 bits per heavy atom. The van der Waals surface area contributed by atoms with Gasteiger partial charge in [-0.05, 0) is 50.7 Å². The summed E-state index contributed by atoms with van der Waals surface area (Å²) in [4.78, 5) is 1.32. The third kappa shape index (κ3) is 4.80. The number of nitrogens with one attached hydrogen (secondary N) is 1. The molecule has 0 radical (unpaired) electrons. The fraction of sp³-hybridized carbons (Fsp3) is 0.333. The topological polar surface area (TPSA) is 21.3 Å². The number of aryl methyl sites for hydroxylation is 1. The minimum atomic E-state index is 0.339. The predicted octanol–water partition coefficient (Wildman–Crippen LogP) is 4.45. The van der Waals surface area contributed by atoms with Gasteiger partial charge in [0.05, 0.1) is 6.61 Å². The molecule has 1 atom stereocenters. The standard InChI is InChI=1S/C18H23NOS/c1-4-20-16-10-8-15(9-11-16)18(19-3)13-21-17-7-5-6-14(2)12-17/h5-12,18-19H,4,13H2,1-3H3. The van der Waals surface area contributed by atoms with Crippen LogP contribution in [0.5, 0.6) is 5.75 Å². The number of benzene rings is 2. The fourth-order valence-electron chi connectivity index (χ4n) is 2.19. The first-order valence-corrected chi connectivity index (χ1v) is 8.31. The number of hydrogen-bond donors (Lipinski definition) is 1. The van der Waals surface area contributed by atoms with Crippen LogP contribution in [-0.2, 0) is 0 Å². The molecule has 0 saturated heterocycles. The predicted molar refractivity (Wildman–Crippen MR) is 91.3 cm³/mol. The Morgan fingerprint density at radius 1 is 1.14 bits per heavy atom. The van der Waals surface area contributed by atoms with E-state index in [1.54, 1.807) is 0 Å². The van der Waals surface area contributed by atoms with Crippen LogP contribution < -0.4 is 10.1 Å². The molecule has 0 fully saturated rings. The van der Waals surface area contributed by atoms with Crippen LogP contribution in [0.2, 0.25) is 0 Å². The monoisotopic (exact) mass is 301 g/mol. The third-order valence-corrected chi connectivity index (χ3v) is 4.44. The highest BCUT2D eigenvalue weighted by Gasteiger charge is 2.10. The maximum Gasteiger partial charge on any atom is 0.119 e. The minimum absolute atomic E-state index is 0.339. The van der Waals surface area contributed by atoms with Crippen LogP contribution in [0.3, 0.4) is 0 Å². The first-order chi connectivity index (χ1) is 10.2. The van der Waals surface area contributed by atoms with Crippen molar-refractivity contribution in [2.75, 3.05) is 19.4 Å². The molecule has 2 rings (SSSR count). The van der Waals surface area contributed by atoms with Gasteiger partial charge in [0.1, 0.15) is 5.75 Å². The molecule has 21 heavy (non-hydrogen) atoms. The molecule has 0 aliphatic carbocycles. The maximum absolute atomic E-state index is 5.49. The van der Waals surface area contributed by atoms with E-state index in [0.29, 0.717) is 12.6 Å². The summed E-state index contributed by atoms with van der Waals surface area (Å²) in [5.41, 5.74) is 2.60. The second-order valence-corrected chi connectivity index (χ2v) is 6.06. The molecule has 2 nitrogen and oxygen atoms in total. The van der Waals surface area contributed by atoms with E-state index in [2.05, 4.69) is 48.6 Å². The van der Waals surface area contributed by atoms with Crippen molar-refractivity contribution in [1.82, 2.24) is 5.32 Å². The molecule has 1 unspecified atom stereocenters. The second-order valence-electron chi connectivity index (χ2n) is 4.97. The van der Waals surface area contributed by atoms with Crippen LogP contribution in [-0.4, -0.2) is 19.4 Å². The highest BCUT2D eigenvalue weighted by atomic mass is 32.2. The van der Waals surface area contributed by atoms with Gasteiger partial charge in [-0.15, -0.1) is 11.8 Å². The van der Waals surface area contributed by atoms with Crippen molar-refractivity contribution in [3.05, 3.63) is 59.7 Å². The Labute approximate surface area is 131 Å². The van der Waals surface area contributed by atoms with Crippen molar-refractivity contribution in [1.29, 1.82) is 0 Å². The molecule has 0 aromatic heterocycles. The lowest BCUT2D eigenvalue weighted by Crippen LogP contribution is -2.18. The molecular formula is C18H23NOS. The average Bonchev–Trinajstić information content (AvgIpc) is 2.50. The molecule has 0 spiro atoms. The fourth-order valence-corrected chi connectivity index (χ4v) is 3.36. The molecule has 0 amide bonds. The van der Waals surface area contributed by atoms with Gasteiger partial charge in [-0.1, -0.05) is 29.8 Å². The molecule has 0 bridgehead atoms. The quantitative estimate of drug-likeness (QED) is 0.764. The van der Waals surface area contributed by atoms with Gasteiger partial charge in [0.15, 0.2) is 0 Å². The summed E-state index contributed by atoms with van der Waals surface area (Å²) in [7, 11) is 2.01. The van der Waals surface area contributed by atoms with E-state index in [1.807, 2.05) is 37.9 Å². The van der Waals surface area contributed by atoms with Crippen LogP contribution in [0.1, 0.15) is 24.1 Å². The van der Waals surface area contributed by atoms with Gasteiger partial charge >= 0.3 is 0 Å². The largest absolute Gasteiger partial charge is 0.494 e. The Balaban J connectivity index is 1.99. The summed E-state index contributed by atoms with van der Waals surface area (Å²) in [6.07, 6.45) is 0. The molecule has 0 aliphatic heterocycles. The van der Waals surface area contributed by atoms with Gasteiger partial charge < -0.3 is 10.1 Å². The zero-order valence-corrected chi connectivity index (χ0v) is 13.7. The summed E-state index contributed by atoms with van der Waals surface area (Å²) in [5.74, 6) is 1.94. The number of rotatable bonds is 7. The van der Waals surface area contributed by atoms with E-state index in [9.17, 15) is 0 Å². The molecule has 0 heterocycles. The van der Waals surface area contributed by atoms with E-state index in [-0.39, 0.29) is 0 Å². The van der Waals surface area contributed by atoms with Crippen LogP contribution in [0.4, 0.5) is 0 Å². The van der Waals surface area contributed by atoms with Gasteiger partial charge in [-0.2, -0.15) is 0 Å². The Morgan fingerprint density at radius 2 is 1.90 bits per heavy atom. The summed E-state index contributed by atoms with van der Waals surface area (Å²) in [5, 5.41) is 3.39. The molecule has 3 heteroatoms. The Hall–Kier alpha value is -1.45. The normalized spacial score (nSPS) is 12.1. The van der Waals surface area contributed by atoms with E-state index in [4.69, 9.17) is 4.74 Å². The lowest BCUT2D eigenvalue weighted by molar-refractivity contribution is 0.340. The van der Waals surface area contributed by atoms with Crippen molar-refractivity contribution in [2.24, 2.45) is 0 Å². The summed E-state index contributed by atoms with van der Waals surface area (Å²) >= 11 is 1.88. The lowest BCUT2D eigenvalue weighted by Gasteiger charge is -2.17. The minimum Gasteiger partial charge on any atom is -0.494 e. The molecule has 0 aliphatic rings. The number of ether oxygens (including phenoxy) is 1. The van der Waals surface area contributed by atoms with Crippen LogP contribution >= 0.6 is 11.8 Å². The summed E-state index contributed by atoms with van der Waals surface area (Å²) in [6, 6.07) is 17.4. The van der Waals surface area contributed by atoms with Crippen molar-refractivity contribution in [2.45, 2.75) is 24.8 Å². The van der Waals surface area contributed by atoms with Gasteiger partial charge in [0.25, 0.3) is 0 Å². The van der Waals surface area contributed by atoms with Crippen molar-refractivity contribution < 1.29 is 4.74 Å². The van der Waals surface area contributed by atoms with Crippen LogP contribution in [0.25, 0.3) is 0 Å². The van der Waals surface area contributed by atoms with Crippen molar-refractivity contribution >= 4 is 11.8 Å². The SMILES string of the molecule is CCOc1ccc(C(CSc2cccc(C)c2)NC)cc1. The number of hydrogen-bond acceptors (Lipinski definition) is 3. The van der Waals surface area contributed by atoms with Gasteiger partial charge in [-0.25, -0.2) is 0 Å². The number of thioether (sulfide) groups is 1. The zero-order valence-electron chi connectivity index (χ0n) is 12.9. The molecular weight excluding hydrogens is 278 g/mol. The van der Waals surface area contributed by atoms with E-state index in [0.717, 1.165) is 11.5 Å². The zero-order chi connectivity index (χ0) is 15.1. The van der Waals surface area contributed by atoms with E-state index < -0.39 is 0 Å². The highest BCUT2D eigenvalue weighted by molar-refractivity contribution is 7.99.